The van der Waals surface area contributed by atoms with Crippen molar-refractivity contribution in [1.29, 1.82) is 0 Å². The topological polar surface area (TPSA) is 131 Å². The number of halogens is 2. The molecule has 3 rings (SSSR count). The van der Waals surface area contributed by atoms with E-state index in [4.69, 9.17) is 11.5 Å². The van der Waals surface area contributed by atoms with Gasteiger partial charge in [0.1, 0.15) is 22.6 Å². The first-order valence-corrected chi connectivity index (χ1v) is 11.5. The number of amides is 3. The van der Waals surface area contributed by atoms with Gasteiger partial charge >= 0.3 is 0 Å². The summed E-state index contributed by atoms with van der Waals surface area (Å²) in [5.41, 5.74) is 11.3. The van der Waals surface area contributed by atoms with Crippen LogP contribution in [0.5, 0.6) is 0 Å². The highest BCUT2D eigenvalue weighted by molar-refractivity contribution is 7.09. The van der Waals surface area contributed by atoms with Crippen LogP contribution in [-0.4, -0.2) is 28.6 Å². The predicted octanol–water partition coefficient (Wildman–Crippen LogP) is 3.65. The van der Waals surface area contributed by atoms with Crippen LogP contribution in [0.4, 0.5) is 20.2 Å². The number of carbonyl (C=O) groups excluding carboxylic acids is 3. The Balaban J connectivity index is 2.14. The van der Waals surface area contributed by atoms with Crippen LogP contribution in [0.2, 0.25) is 0 Å². The number of benzene rings is 2. The molecule has 3 aromatic rings. The van der Waals surface area contributed by atoms with Gasteiger partial charge in [-0.25, -0.2) is 8.78 Å². The molecule has 35 heavy (non-hydrogen) atoms. The quantitative estimate of drug-likeness (QED) is 0.412. The molecule has 0 aliphatic rings. The van der Waals surface area contributed by atoms with E-state index in [1.807, 2.05) is 13.8 Å². The number of nitrogen functional groups attached to an aromatic ring is 1. The molecule has 0 saturated heterocycles. The molecule has 0 saturated carbocycles. The summed E-state index contributed by atoms with van der Waals surface area (Å²) < 4.78 is 31.2. The van der Waals surface area contributed by atoms with Gasteiger partial charge in [-0.05, 0) is 65.8 Å². The molecule has 2 aromatic carbocycles. The molecule has 0 aliphatic heterocycles. The summed E-state index contributed by atoms with van der Waals surface area (Å²) >= 11 is 0.654. The van der Waals surface area contributed by atoms with Crippen LogP contribution >= 0.6 is 11.5 Å². The fourth-order valence-electron chi connectivity index (χ4n) is 3.37. The smallest absolute Gasteiger partial charge is 0.273 e. The monoisotopic (exact) mass is 501 g/mol. The molecule has 0 fully saturated rings. The largest absolute Gasteiger partial charge is 0.395 e. The minimum absolute atomic E-state index is 0.120. The van der Waals surface area contributed by atoms with E-state index in [0.717, 1.165) is 17.0 Å². The first kappa shape index (κ1) is 25.8. The summed E-state index contributed by atoms with van der Waals surface area (Å²) in [6, 6.07) is 8.78. The summed E-state index contributed by atoms with van der Waals surface area (Å²) in [5, 5.41) is 2.81. The van der Waals surface area contributed by atoms with E-state index in [9.17, 15) is 23.2 Å². The van der Waals surface area contributed by atoms with Crippen LogP contribution < -0.4 is 21.7 Å². The maximum atomic E-state index is 13.8. The molecule has 1 atom stereocenters. The van der Waals surface area contributed by atoms with Crippen LogP contribution in [0.3, 0.4) is 0 Å². The van der Waals surface area contributed by atoms with E-state index in [-0.39, 0.29) is 21.9 Å². The van der Waals surface area contributed by atoms with E-state index in [0.29, 0.717) is 36.0 Å². The third-order valence-corrected chi connectivity index (χ3v) is 6.04. The van der Waals surface area contributed by atoms with Crippen molar-refractivity contribution < 1.29 is 23.2 Å². The Morgan fingerprint density at radius 2 is 1.60 bits per heavy atom. The maximum absolute atomic E-state index is 13.8. The molecule has 1 aromatic heterocycles. The Morgan fingerprint density at radius 3 is 2.11 bits per heavy atom. The van der Waals surface area contributed by atoms with E-state index >= 15 is 0 Å². The van der Waals surface area contributed by atoms with Crippen LogP contribution in [0.25, 0.3) is 0 Å². The zero-order valence-corrected chi connectivity index (χ0v) is 19.9. The zero-order valence-electron chi connectivity index (χ0n) is 19.1. The van der Waals surface area contributed by atoms with Crippen LogP contribution in [0.15, 0.2) is 48.5 Å². The second-order valence-corrected chi connectivity index (χ2v) is 8.99. The molecule has 0 spiro atoms. The first-order valence-electron chi connectivity index (χ1n) is 10.8. The summed E-state index contributed by atoms with van der Waals surface area (Å²) in [6.45, 7) is 4.34. The van der Waals surface area contributed by atoms with Gasteiger partial charge in [-0.1, -0.05) is 26.0 Å². The van der Waals surface area contributed by atoms with E-state index < -0.39 is 35.4 Å². The van der Waals surface area contributed by atoms with Crippen molar-refractivity contribution in [1.82, 2.24) is 9.69 Å². The van der Waals surface area contributed by atoms with Gasteiger partial charge in [0.25, 0.3) is 11.8 Å². The molecule has 0 unspecified atom stereocenters. The normalized spacial score (nSPS) is 11.8. The third-order valence-electron chi connectivity index (χ3n) is 5.19. The van der Waals surface area contributed by atoms with Crippen molar-refractivity contribution in [2.45, 2.75) is 26.3 Å². The van der Waals surface area contributed by atoms with Gasteiger partial charge in [-0.3, -0.25) is 19.3 Å². The maximum Gasteiger partial charge on any atom is 0.273 e. The van der Waals surface area contributed by atoms with E-state index in [1.165, 1.54) is 36.4 Å². The van der Waals surface area contributed by atoms with Gasteiger partial charge in [0, 0.05) is 12.2 Å². The van der Waals surface area contributed by atoms with Gasteiger partial charge in [0.2, 0.25) is 5.91 Å². The second-order valence-electron chi connectivity index (χ2n) is 8.22. The number of hydrogen-bond acceptors (Lipinski definition) is 6. The Morgan fingerprint density at radius 1 is 1.03 bits per heavy atom. The number of nitrogens with zero attached hydrogens (tertiary/aromatic N) is 2. The first-order chi connectivity index (χ1) is 16.6. The van der Waals surface area contributed by atoms with Crippen molar-refractivity contribution in [2.24, 2.45) is 11.7 Å². The number of nitrogens with two attached hydrogens (primary N) is 2. The standard InChI is InChI=1S/C24H25F2N5O3S/c1-13(2)11-12-29-23(33)20(14-3-5-15(25)6-4-14)31(17-9-7-16(26)8-10-17)24(34)21-18(27)19(22(28)32)30-35-21/h3-10,13,20H,11-12,27H2,1-2H3,(H2,28,32)(H,29,33)/t20-/m0/s1. The zero-order chi connectivity index (χ0) is 25.7. The van der Waals surface area contributed by atoms with Crippen molar-refractivity contribution in [3.05, 3.63) is 76.3 Å². The summed E-state index contributed by atoms with van der Waals surface area (Å²) in [5.74, 6) is -2.95. The summed E-state index contributed by atoms with van der Waals surface area (Å²) in [4.78, 5) is 39.8. The number of carbonyl (C=O) groups is 3. The molecule has 0 aliphatic carbocycles. The number of nitrogens with one attached hydrogen (secondary N) is 1. The highest BCUT2D eigenvalue weighted by atomic mass is 32.1. The van der Waals surface area contributed by atoms with Crippen molar-refractivity contribution in [3.63, 3.8) is 0 Å². The minimum Gasteiger partial charge on any atom is -0.395 e. The molecule has 1 heterocycles. The number of anilines is 2. The summed E-state index contributed by atoms with van der Waals surface area (Å²) in [6.07, 6.45) is 0.691. The lowest BCUT2D eigenvalue weighted by atomic mass is 10.0. The van der Waals surface area contributed by atoms with Gasteiger partial charge in [-0.15, -0.1) is 0 Å². The highest BCUT2D eigenvalue weighted by Gasteiger charge is 2.36. The van der Waals surface area contributed by atoms with Crippen molar-refractivity contribution in [3.8, 4) is 0 Å². The van der Waals surface area contributed by atoms with E-state index in [1.54, 1.807) is 0 Å². The lowest BCUT2D eigenvalue weighted by molar-refractivity contribution is -0.122. The molecule has 0 radical (unpaired) electrons. The molecule has 184 valence electrons. The lowest BCUT2D eigenvalue weighted by Gasteiger charge is -2.31. The summed E-state index contributed by atoms with van der Waals surface area (Å²) in [7, 11) is 0. The predicted molar refractivity (Wildman–Crippen MR) is 130 cm³/mol. The highest BCUT2D eigenvalue weighted by Crippen LogP contribution is 2.33. The molecular weight excluding hydrogens is 476 g/mol. The van der Waals surface area contributed by atoms with Crippen LogP contribution in [-0.2, 0) is 4.79 Å². The SMILES string of the molecule is CC(C)CCNC(=O)[C@H](c1ccc(F)cc1)N(C(=O)c1snc(C(N)=O)c1N)c1ccc(F)cc1. The third kappa shape index (κ3) is 5.99. The Bertz CT molecular complexity index is 1210. The average molecular weight is 502 g/mol. The Kier molecular flexibility index (Phi) is 8.13. The minimum atomic E-state index is -1.26. The molecule has 3 amide bonds. The lowest BCUT2D eigenvalue weighted by Crippen LogP contribution is -2.44. The number of primary amides is 1. The second kappa shape index (κ2) is 11.0. The van der Waals surface area contributed by atoms with E-state index in [2.05, 4.69) is 9.69 Å². The molecular formula is C24H25F2N5O3S. The molecule has 11 heteroatoms. The Hall–Kier alpha value is -3.86. The molecule has 0 bridgehead atoms. The van der Waals surface area contributed by atoms with Crippen LogP contribution in [0.1, 0.15) is 52.0 Å². The number of hydrogen-bond donors (Lipinski definition) is 3. The number of aromatic nitrogens is 1. The van der Waals surface area contributed by atoms with Gasteiger partial charge < -0.3 is 16.8 Å². The fourth-order valence-corrected chi connectivity index (χ4v) is 4.11. The number of rotatable bonds is 9. The van der Waals surface area contributed by atoms with Crippen molar-refractivity contribution >= 4 is 40.6 Å². The average Bonchev–Trinajstić information content (AvgIpc) is 3.20. The van der Waals surface area contributed by atoms with Gasteiger partial charge in [0.05, 0.1) is 5.69 Å². The molecule has 8 nitrogen and oxygen atoms in total. The van der Waals surface area contributed by atoms with Crippen LogP contribution in [0, 0.1) is 17.6 Å². The van der Waals surface area contributed by atoms with Gasteiger partial charge in [-0.2, -0.15) is 4.37 Å². The molecule has 5 N–H and O–H groups in total. The fraction of sp³-hybridized carbons (Fsp3) is 0.250. The van der Waals surface area contributed by atoms with Gasteiger partial charge in [0.15, 0.2) is 5.69 Å². The van der Waals surface area contributed by atoms with Crippen molar-refractivity contribution in [2.75, 3.05) is 17.2 Å². The Labute approximate surface area is 205 Å².